The van der Waals surface area contributed by atoms with Gasteiger partial charge in [0.2, 0.25) is 0 Å². The molecule has 31 heavy (non-hydrogen) atoms. The molecule has 1 aromatic heterocycles. The van der Waals surface area contributed by atoms with Crippen molar-refractivity contribution in [2.24, 2.45) is 0 Å². The minimum Gasteiger partial charge on any atom is -0.508 e. The van der Waals surface area contributed by atoms with E-state index in [9.17, 15) is 5.11 Å². The molecular formula is C24H28N2O4S. The molecular weight excluding hydrogens is 412 g/mol. The Labute approximate surface area is 187 Å². The Kier molecular flexibility index (Phi) is 7.06. The van der Waals surface area contributed by atoms with Gasteiger partial charge in [0.25, 0.3) is 0 Å². The van der Waals surface area contributed by atoms with Crippen LogP contribution in [0.4, 0.5) is 0 Å². The van der Waals surface area contributed by atoms with Crippen LogP contribution in [-0.2, 0) is 17.8 Å². The third kappa shape index (κ3) is 5.36. The van der Waals surface area contributed by atoms with Crippen LogP contribution in [0.5, 0.6) is 17.2 Å². The topological polar surface area (TPSA) is 64.1 Å². The summed E-state index contributed by atoms with van der Waals surface area (Å²) in [5.74, 6) is 1.72. The summed E-state index contributed by atoms with van der Waals surface area (Å²) in [6.07, 6.45) is 2.41. The van der Waals surface area contributed by atoms with E-state index in [0.717, 1.165) is 47.8 Å². The number of aromatic hydroxyl groups is 1. The maximum atomic E-state index is 10.2. The van der Waals surface area contributed by atoms with E-state index in [1.165, 1.54) is 0 Å². The lowest BCUT2D eigenvalue weighted by Crippen LogP contribution is -2.31. The van der Waals surface area contributed by atoms with Gasteiger partial charge in [-0.3, -0.25) is 4.90 Å². The second-order valence-electron chi connectivity index (χ2n) is 7.65. The van der Waals surface area contributed by atoms with Crippen molar-refractivity contribution in [1.82, 2.24) is 9.88 Å². The van der Waals surface area contributed by atoms with Gasteiger partial charge in [-0.1, -0.05) is 18.2 Å². The van der Waals surface area contributed by atoms with Crippen molar-refractivity contribution in [2.45, 2.75) is 32.0 Å². The number of phenolic OH excluding ortho intramolecular Hbond substituents is 1. The summed E-state index contributed by atoms with van der Waals surface area (Å²) < 4.78 is 16.6. The fourth-order valence-corrected chi connectivity index (χ4v) is 4.67. The molecule has 0 saturated carbocycles. The molecule has 3 aromatic rings. The average molecular weight is 441 g/mol. The Hall–Kier alpha value is -2.61. The Balaban J connectivity index is 1.51. The molecule has 1 atom stereocenters. The lowest BCUT2D eigenvalue weighted by atomic mass is 10.1. The van der Waals surface area contributed by atoms with Gasteiger partial charge in [-0.05, 0) is 37.1 Å². The van der Waals surface area contributed by atoms with Gasteiger partial charge < -0.3 is 19.3 Å². The number of hydrogen-bond donors (Lipinski definition) is 1. The molecule has 0 aliphatic carbocycles. The molecule has 1 N–H and O–H groups in total. The molecule has 164 valence electrons. The van der Waals surface area contributed by atoms with Gasteiger partial charge >= 0.3 is 0 Å². The largest absolute Gasteiger partial charge is 0.508 e. The van der Waals surface area contributed by atoms with Crippen molar-refractivity contribution in [3.05, 3.63) is 59.1 Å². The van der Waals surface area contributed by atoms with E-state index < -0.39 is 0 Å². The van der Waals surface area contributed by atoms with Crippen LogP contribution in [0, 0.1) is 0 Å². The van der Waals surface area contributed by atoms with Crippen molar-refractivity contribution in [2.75, 3.05) is 27.4 Å². The summed E-state index contributed by atoms with van der Waals surface area (Å²) in [7, 11) is 3.27. The average Bonchev–Trinajstić information content (AvgIpc) is 3.47. The molecule has 0 bridgehead atoms. The highest BCUT2D eigenvalue weighted by atomic mass is 32.1. The Bertz CT molecular complexity index is 1000. The van der Waals surface area contributed by atoms with Gasteiger partial charge in [0.15, 0.2) is 11.5 Å². The first-order chi connectivity index (χ1) is 15.2. The zero-order valence-corrected chi connectivity index (χ0v) is 18.7. The Morgan fingerprint density at radius 2 is 1.97 bits per heavy atom. The molecule has 1 aliphatic heterocycles. The van der Waals surface area contributed by atoms with Crippen LogP contribution in [0.3, 0.4) is 0 Å². The summed E-state index contributed by atoms with van der Waals surface area (Å²) in [6, 6.07) is 13.3. The predicted octanol–water partition coefficient (Wildman–Crippen LogP) is 4.71. The fraction of sp³-hybridized carbons (Fsp3) is 0.375. The third-order valence-corrected chi connectivity index (χ3v) is 6.38. The zero-order valence-electron chi connectivity index (χ0n) is 17.9. The van der Waals surface area contributed by atoms with Crippen molar-refractivity contribution >= 4 is 11.3 Å². The van der Waals surface area contributed by atoms with Crippen molar-refractivity contribution < 1.29 is 19.3 Å². The molecule has 0 amide bonds. The highest BCUT2D eigenvalue weighted by Gasteiger charge is 2.21. The van der Waals surface area contributed by atoms with E-state index in [4.69, 9.17) is 19.2 Å². The van der Waals surface area contributed by atoms with Crippen molar-refractivity contribution in [3.8, 4) is 27.8 Å². The minimum absolute atomic E-state index is 0.231. The van der Waals surface area contributed by atoms with Gasteiger partial charge in [0.05, 0.1) is 26.0 Å². The lowest BCUT2D eigenvalue weighted by Gasteiger charge is -2.25. The number of para-hydroxylation sites is 1. The van der Waals surface area contributed by atoms with Gasteiger partial charge in [0.1, 0.15) is 10.8 Å². The number of nitrogens with zero attached hydrogens (tertiary/aromatic N) is 2. The molecule has 0 radical (unpaired) electrons. The smallest absolute Gasteiger partial charge is 0.161 e. The molecule has 1 aliphatic rings. The Morgan fingerprint density at radius 3 is 2.71 bits per heavy atom. The van der Waals surface area contributed by atoms with Gasteiger partial charge in [-0.2, -0.15) is 0 Å². The number of aromatic nitrogens is 1. The summed E-state index contributed by atoms with van der Waals surface area (Å²) in [4.78, 5) is 7.17. The summed E-state index contributed by atoms with van der Waals surface area (Å²) in [5.41, 5.74) is 2.92. The quantitative estimate of drug-likeness (QED) is 0.520. The minimum atomic E-state index is 0.231. The molecule has 1 saturated heterocycles. The van der Waals surface area contributed by atoms with Crippen molar-refractivity contribution in [3.63, 3.8) is 0 Å². The van der Waals surface area contributed by atoms with Crippen LogP contribution < -0.4 is 9.47 Å². The molecule has 0 spiro atoms. The van der Waals surface area contributed by atoms with E-state index in [1.54, 1.807) is 31.6 Å². The summed E-state index contributed by atoms with van der Waals surface area (Å²) in [5, 5.41) is 13.3. The fourth-order valence-electron chi connectivity index (χ4n) is 3.86. The molecule has 2 heterocycles. The monoisotopic (exact) mass is 440 g/mol. The second kappa shape index (κ2) is 10.1. The maximum absolute atomic E-state index is 10.2. The van der Waals surface area contributed by atoms with Crippen LogP contribution >= 0.6 is 11.3 Å². The highest BCUT2D eigenvalue weighted by Crippen LogP contribution is 2.34. The standard InChI is InChI=1S/C24H28N2O4S/c1-28-22-10-9-17(12-23(22)29-2)24-25-19(16-31-24)14-26(15-20-7-5-11-30-20)13-18-6-3-4-8-21(18)27/h3-4,6,8-10,12,16,20,27H,5,7,11,13-15H2,1-2H3. The van der Waals surface area contributed by atoms with E-state index in [1.807, 2.05) is 36.4 Å². The highest BCUT2D eigenvalue weighted by molar-refractivity contribution is 7.13. The maximum Gasteiger partial charge on any atom is 0.161 e. The first-order valence-electron chi connectivity index (χ1n) is 10.4. The van der Waals surface area contributed by atoms with Crippen LogP contribution in [0.25, 0.3) is 10.6 Å². The van der Waals surface area contributed by atoms with E-state index in [-0.39, 0.29) is 6.10 Å². The molecule has 2 aromatic carbocycles. The number of phenols is 1. The molecule has 1 fully saturated rings. The van der Waals surface area contributed by atoms with E-state index >= 15 is 0 Å². The van der Waals surface area contributed by atoms with Crippen LogP contribution in [0.15, 0.2) is 47.8 Å². The Morgan fingerprint density at radius 1 is 1.13 bits per heavy atom. The SMILES string of the molecule is COc1ccc(-c2nc(CN(Cc3ccccc3O)CC3CCCO3)cs2)cc1OC. The molecule has 7 heteroatoms. The van der Waals surface area contributed by atoms with E-state index in [2.05, 4.69) is 10.3 Å². The normalized spacial score (nSPS) is 16.0. The first kappa shape index (κ1) is 21.6. The zero-order chi connectivity index (χ0) is 21.6. The van der Waals surface area contributed by atoms with E-state index in [0.29, 0.717) is 30.3 Å². The number of rotatable bonds is 9. The number of hydrogen-bond acceptors (Lipinski definition) is 7. The molecule has 4 rings (SSSR count). The first-order valence-corrected chi connectivity index (χ1v) is 11.3. The number of thiazole rings is 1. The number of ether oxygens (including phenoxy) is 3. The van der Waals surface area contributed by atoms with Gasteiger partial charge in [0, 0.05) is 42.7 Å². The number of methoxy groups -OCH3 is 2. The van der Waals surface area contributed by atoms with Crippen LogP contribution in [0.2, 0.25) is 0 Å². The molecule has 1 unspecified atom stereocenters. The second-order valence-corrected chi connectivity index (χ2v) is 8.51. The summed E-state index contributed by atoms with van der Waals surface area (Å²) >= 11 is 1.61. The lowest BCUT2D eigenvalue weighted by molar-refractivity contribution is 0.0673. The van der Waals surface area contributed by atoms with Gasteiger partial charge in [-0.15, -0.1) is 11.3 Å². The summed E-state index contributed by atoms with van der Waals surface area (Å²) in [6.45, 7) is 2.99. The van der Waals surface area contributed by atoms with Crippen LogP contribution in [0.1, 0.15) is 24.1 Å². The third-order valence-electron chi connectivity index (χ3n) is 5.44. The van der Waals surface area contributed by atoms with Crippen molar-refractivity contribution in [1.29, 1.82) is 0 Å². The number of benzene rings is 2. The molecule has 6 nitrogen and oxygen atoms in total. The predicted molar refractivity (Wildman–Crippen MR) is 122 cm³/mol. The van der Waals surface area contributed by atoms with Gasteiger partial charge in [-0.25, -0.2) is 4.98 Å². The van der Waals surface area contributed by atoms with Crippen LogP contribution in [-0.4, -0.2) is 48.5 Å².